The third-order valence-electron chi connectivity index (χ3n) is 4.22. The molecule has 0 aliphatic rings. The molecule has 2 N–H and O–H groups in total. The van der Waals surface area contributed by atoms with Gasteiger partial charge in [0.2, 0.25) is 5.95 Å². The SMILES string of the molecule is Oc1ccc(Br)cc1/C=N\Nc1nc(-c2ccccc2)cc(-c2ccccc2)n1. The van der Waals surface area contributed by atoms with Crippen LogP contribution in [0.2, 0.25) is 0 Å². The molecule has 0 fully saturated rings. The summed E-state index contributed by atoms with van der Waals surface area (Å²) in [5.74, 6) is 0.513. The molecular formula is C23H17BrN4O. The minimum Gasteiger partial charge on any atom is -0.507 e. The summed E-state index contributed by atoms with van der Waals surface area (Å²) in [6.45, 7) is 0. The number of phenolic OH excluding ortho intramolecular Hbond substituents is 1. The Morgan fingerprint density at radius 3 is 1.97 bits per heavy atom. The van der Waals surface area contributed by atoms with Crippen LogP contribution >= 0.6 is 15.9 Å². The summed E-state index contributed by atoms with van der Waals surface area (Å²) in [7, 11) is 0. The number of aromatic hydroxyl groups is 1. The summed E-state index contributed by atoms with van der Waals surface area (Å²) in [4.78, 5) is 9.19. The van der Waals surface area contributed by atoms with E-state index >= 15 is 0 Å². The van der Waals surface area contributed by atoms with Gasteiger partial charge in [-0.1, -0.05) is 76.6 Å². The molecule has 0 atom stereocenters. The predicted octanol–water partition coefficient (Wildman–Crippen LogP) is 5.72. The van der Waals surface area contributed by atoms with Crippen LogP contribution in [0.3, 0.4) is 0 Å². The molecule has 6 heteroatoms. The fraction of sp³-hybridized carbons (Fsp3) is 0. The Morgan fingerprint density at radius 2 is 1.38 bits per heavy atom. The van der Waals surface area contributed by atoms with Crippen molar-refractivity contribution in [2.24, 2.45) is 5.10 Å². The zero-order chi connectivity index (χ0) is 20.1. The van der Waals surface area contributed by atoms with Crippen LogP contribution in [-0.4, -0.2) is 21.3 Å². The number of hydrogen-bond acceptors (Lipinski definition) is 5. The van der Waals surface area contributed by atoms with Crippen molar-refractivity contribution in [3.8, 4) is 28.3 Å². The highest BCUT2D eigenvalue weighted by Gasteiger charge is 2.08. The molecule has 3 aromatic carbocycles. The van der Waals surface area contributed by atoms with Crippen molar-refractivity contribution in [2.45, 2.75) is 0 Å². The normalized spacial score (nSPS) is 10.9. The fourth-order valence-corrected chi connectivity index (χ4v) is 3.18. The van der Waals surface area contributed by atoms with Crippen LogP contribution in [0.15, 0.2) is 94.5 Å². The molecule has 142 valence electrons. The van der Waals surface area contributed by atoms with Crippen LogP contribution in [0.5, 0.6) is 5.75 Å². The molecule has 5 nitrogen and oxygen atoms in total. The van der Waals surface area contributed by atoms with Crippen LogP contribution < -0.4 is 5.43 Å². The van der Waals surface area contributed by atoms with E-state index < -0.39 is 0 Å². The second-order valence-electron chi connectivity index (χ2n) is 6.27. The van der Waals surface area contributed by atoms with E-state index in [2.05, 4.69) is 36.4 Å². The van der Waals surface area contributed by atoms with Gasteiger partial charge in [-0.05, 0) is 24.3 Å². The van der Waals surface area contributed by atoms with Crippen molar-refractivity contribution in [2.75, 3.05) is 5.43 Å². The summed E-state index contributed by atoms with van der Waals surface area (Å²) in [6.07, 6.45) is 1.53. The zero-order valence-corrected chi connectivity index (χ0v) is 16.9. The van der Waals surface area contributed by atoms with E-state index in [0.29, 0.717) is 11.5 Å². The number of phenols is 1. The second-order valence-corrected chi connectivity index (χ2v) is 7.18. The number of nitrogens with zero attached hydrogens (tertiary/aromatic N) is 3. The Labute approximate surface area is 176 Å². The van der Waals surface area contributed by atoms with Crippen molar-refractivity contribution in [1.82, 2.24) is 9.97 Å². The van der Waals surface area contributed by atoms with E-state index in [-0.39, 0.29) is 5.75 Å². The van der Waals surface area contributed by atoms with E-state index in [1.54, 1.807) is 18.2 Å². The first-order valence-corrected chi connectivity index (χ1v) is 9.76. The van der Waals surface area contributed by atoms with Gasteiger partial charge in [-0.15, -0.1) is 0 Å². The summed E-state index contributed by atoms with van der Waals surface area (Å²) in [5.41, 5.74) is 7.03. The molecule has 0 spiro atoms. The van der Waals surface area contributed by atoms with Gasteiger partial charge in [-0.25, -0.2) is 15.4 Å². The summed E-state index contributed by atoms with van der Waals surface area (Å²) >= 11 is 3.39. The second kappa shape index (κ2) is 8.67. The van der Waals surface area contributed by atoms with E-state index in [1.165, 1.54) is 6.21 Å². The average molecular weight is 445 g/mol. The summed E-state index contributed by atoms with van der Waals surface area (Å²) < 4.78 is 0.852. The van der Waals surface area contributed by atoms with Gasteiger partial charge in [0.25, 0.3) is 0 Å². The predicted molar refractivity (Wildman–Crippen MR) is 120 cm³/mol. The fourth-order valence-electron chi connectivity index (χ4n) is 2.80. The first-order chi connectivity index (χ1) is 14.2. The quantitative estimate of drug-likeness (QED) is 0.304. The van der Waals surface area contributed by atoms with Crippen molar-refractivity contribution < 1.29 is 5.11 Å². The Kier molecular flexibility index (Phi) is 5.63. The number of nitrogens with one attached hydrogen (secondary N) is 1. The van der Waals surface area contributed by atoms with Crippen molar-refractivity contribution in [3.63, 3.8) is 0 Å². The smallest absolute Gasteiger partial charge is 0.244 e. The maximum Gasteiger partial charge on any atom is 0.244 e. The maximum atomic E-state index is 9.95. The number of halogens is 1. The molecule has 1 heterocycles. The van der Waals surface area contributed by atoms with E-state index in [4.69, 9.17) is 0 Å². The maximum absolute atomic E-state index is 9.95. The van der Waals surface area contributed by atoms with Gasteiger partial charge in [0.05, 0.1) is 17.6 Å². The highest BCUT2D eigenvalue weighted by molar-refractivity contribution is 9.10. The average Bonchev–Trinajstić information content (AvgIpc) is 2.77. The molecule has 0 aliphatic heterocycles. The Hall–Kier alpha value is -3.51. The molecule has 0 saturated carbocycles. The number of anilines is 1. The summed E-state index contributed by atoms with van der Waals surface area (Å²) in [6, 6.07) is 26.9. The van der Waals surface area contributed by atoms with Gasteiger partial charge in [0.1, 0.15) is 5.75 Å². The number of hydrazone groups is 1. The van der Waals surface area contributed by atoms with Crippen LogP contribution in [0.25, 0.3) is 22.5 Å². The van der Waals surface area contributed by atoms with E-state index in [0.717, 1.165) is 27.0 Å². The van der Waals surface area contributed by atoms with Gasteiger partial charge in [-0.2, -0.15) is 5.10 Å². The first-order valence-electron chi connectivity index (χ1n) is 8.96. The lowest BCUT2D eigenvalue weighted by molar-refractivity contribution is 0.474. The highest BCUT2D eigenvalue weighted by atomic mass is 79.9. The van der Waals surface area contributed by atoms with Crippen molar-refractivity contribution in [1.29, 1.82) is 0 Å². The number of rotatable bonds is 5. The largest absolute Gasteiger partial charge is 0.507 e. The molecule has 0 bridgehead atoms. The third-order valence-corrected chi connectivity index (χ3v) is 4.72. The van der Waals surface area contributed by atoms with Crippen molar-refractivity contribution >= 4 is 28.1 Å². The van der Waals surface area contributed by atoms with Gasteiger partial charge < -0.3 is 5.11 Å². The van der Waals surface area contributed by atoms with Crippen LogP contribution in [-0.2, 0) is 0 Å². The number of benzene rings is 3. The van der Waals surface area contributed by atoms with Gasteiger partial charge in [-0.3, -0.25) is 0 Å². The van der Waals surface area contributed by atoms with E-state index in [1.807, 2.05) is 66.7 Å². The third kappa shape index (κ3) is 4.67. The van der Waals surface area contributed by atoms with Crippen LogP contribution in [0, 0.1) is 0 Å². The molecule has 0 unspecified atom stereocenters. The molecule has 0 radical (unpaired) electrons. The topological polar surface area (TPSA) is 70.4 Å². The van der Waals surface area contributed by atoms with Gasteiger partial charge in [0.15, 0.2) is 0 Å². The number of hydrogen-bond donors (Lipinski definition) is 2. The molecule has 0 amide bonds. The Bertz CT molecular complexity index is 1090. The van der Waals surface area contributed by atoms with Crippen LogP contribution in [0.4, 0.5) is 5.95 Å². The lowest BCUT2D eigenvalue weighted by Crippen LogP contribution is -2.00. The number of aromatic nitrogens is 2. The van der Waals surface area contributed by atoms with E-state index in [9.17, 15) is 5.11 Å². The standard InChI is InChI=1S/C23H17BrN4O/c24-19-11-12-22(29)18(13-19)15-25-28-23-26-20(16-7-3-1-4-8-16)14-21(27-23)17-9-5-2-6-10-17/h1-15,29H,(H,26,27,28)/b25-15-. The Balaban J connectivity index is 1.68. The minimum atomic E-state index is 0.141. The Morgan fingerprint density at radius 1 is 0.793 bits per heavy atom. The van der Waals surface area contributed by atoms with Gasteiger partial charge >= 0.3 is 0 Å². The molecule has 4 aromatic rings. The minimum absolute atomic E-state index is 0.141. The molecule has 29 heavy (non-hydrogen) atoms. The molecule has 0 saturated heterocycles. The van der Waals surface area contributed by atoms with Gasteiger partial charge in [0, 0.05) is 21.2 Å². The zero-order valence-electron chi connectivity index (χ0n) is 15.3. The van der Waals surface area contributed by atoms with Crippen molar-refractivity contribution in [3.05, 3.63) is 95.0 Å². The highest BCUT2D eigenvalue weighted by Crippen LogP contribution is 2.25. The monoisotopic (exact) mass is 444 g/mol. The molecule has 4 rings (SSSR count). The molecular weight excluding hydrogens is 428 g/mol. The molecule has 1 aromatic heterocycles. The molecule has 0 aliphatic carbocycles. The lowest BCUT2D eigenvalue weighted by atomic mass is 10.1. The van der Waals surface area contributed by atoms with Crippen LogP contribution in [0.1, 0.15) is 5.56 Å². The lowest BCUT2D eigenvalue weighted by Gasteiger charge is -2.08. The summed E-state index contributed by atoms with van der Waals surface area (Å²) in [5, 5.41) is 14.1. The first kappa shape index (κ1) is 18.8.